The highest BCUT2D eigenvalue weighted by atomic mass is 35.5. The average Bonchev–Trinajstić information content (AvgIpc) is 2.88. The van der Waals surface area contributed by atoms with Crippen molar-refractivity contribution in [1.82, 2.24) is 5.43 Å². The molecule has 10 heteroatoms. The number of halogens is 1. The maximum atomic E-state index is 12.8. The number of amides is 1. The van der Waals surface area contributed by atoms with Gasteiger partial charge in [-0.05, 0) is 36.4 Å². The normalized spacial score (nSPS) is 10.5. The predicted octanol–water partition coefficient (Wildman–Crippen LogP) is 4.11. The first-order valence-corrected chi connectivity index (χ1v) is 10.6. The molecule has 3 aromatic carbocycles. The quantitative estimate of drug-likeness (QED) is 0.194. The Morgan fingerprint density at radius 3 is 2.14 bits per heavy atom. The number of nitrogens with one attached hydrogen (secondary N) is 1. The number of benzene rings is 3. The fourth-order valence-electron chi connectivity index (χ4n) is 2.95. The van der Waals surface area contributed by atoms with Crippen molar-refractivity contribution in [3.05, 3.63) is 76.8 Å². The number of carbonyl (C=O) groups is 2. The maximum Gasteiger partial charge on any atom is 0.343 e. The molecule has 0 saturated heterocycles. The fourth-order valence-corrected chi connectivity index (χ4v) is 3.14. The van der Waals surface area contributed by atoms with E-state index in [1.54, 1.807) is 48.5 Å². The van der Waals surface area contributed by atoms with Gasteiger partial charge in [0, 0.05) is 5.56 Å². The second-order valence-electron chi connectivity index (χ2n) is 6.85. The molecule has 0 unspecified atom stereocenters. The van der Waals surface area contributed by atoms with Gasteiger partial charge in [0.1, 0.15) is 11.5 Å². The Kier molecular flexibility index (Phi) is 8.91. The largest absolute Gasteiger partial charge is 0.493 e. The Morgan fingerprint density at radius 2 is 1.51 bits per heavy atom. The van der Waals surface area contributed by atoms with E-state index in [9.17, 15) is 9.59 Å². The third-order valence-electron chi connectivity index (χ3n) is 4.61. The summed E-state index contributed by atoms with van der Waals surface area (Å²) in [6.45, 7) is -0.279. The van der Waals surface area contributed by atoms with E-state index in [1.165, 1.54) is 39.7 Å². The summed E-state index contributed by atoms with van der Waals surface area (Å²) in [5.41, 5.74) is 3.00. The Morgan fingerprint density at radius 1 is 0.886 bits per heavy atom. The van der Waals surface area contributed by atoms with Gasteiger partial charge < -0.3 is 23.7 Å². The van der Waals surface area contributed by atoms with Crippen LogP contribution in [0.5, 0.6) is 28.7 Å². The maximum absolute atomic E-state index is 12.8. The van der Waals surface area contributed by atoms with Crippen molar-refractivity contribution in [2.45, 2.75) is 0 Å². The number of para-hydroxylation sites is 2. The van der Waals surface area contributed by atoms with Crippen LogP contribution in [0.4, 0.5) is 0 Å². The summed E-state index contributed by atoms with van der Waals surface area (Å²) < 4.78 is 26.7. The standard InChI is InChI=1S/C25H23ClN2O7/c1-31-21-12-17(13-22(32-2)24(21)33-3)25(30)35-19-10-6-4-8-16(19)14-27-28-23(29)15-34-20-11-7-5-9-18(20)26/h4-14H,15H2,1-3H3,(H,28,29). The van der Waals surface area contributed by atoms with Gasteiger partial charge in [0.05, 0.1) is 38.1 Å². The van der Waals surface area contributed by atoms with E-state index >= 15 is 0 Å². The zero-order valence-electron chi connectivity index (χ0n) is 19.2. The molecule has 3 rings (SSSR count). The molecule has 182 valence electrons. The number of hydrogen-bond donors (Lipinski definition) is 1. The lowest BCUT2D eigenvalue weighted by Gasteiger charge is -2.14. The van der Waals surface area contributed by atoms with Gasteiger partial charge >= 0.3 is 5.97 Å². The van der Waals surface area contributed by atoms with Crippen LogP contribution in [0.2, 0.25) is 5.02 Å². The molecular weight excluding hydrogens is 476 g/mol. The van der Waals surface area contributed by atoms with Crippen molar-refractivity contribution in [3.8, 4) is 28.7 Å². The zero-order valence-corrected chi connectivity index (χ0v) is 20.0. The molecule has 0 bridgehead atoms. The zero-order chi connectivity index (χ0) is 25.2. The molecule has 0 aliphatic heterocycles. The molecule has 0 spiro atoms. The van der Waals surface area contributed by atoms with Crippen LogP contribution in [-0.2, 0) is 4.79 Å². The number of ether oxygens (including phenoxy) is 5. The Balaban J connectivity index is 1.67. The summed E-state index contributed by atoms with van der Waals surface area (Å²) in [4.78, 5) is 24.8. The van der Waals surface area contributed by atoms with Crippen molar-refractivity contribution in [1.29, 1.82) is 0 Å². The van der Waals surface area contributed by atoms with Crippen LogP contribution in [-0.4, -0.2) is 46.0 Å². The van der Waals surface area contributed by atoms with Crippen LogP contribution in [0.15, 0.2) is 65.8 Å². The monoisotopic (exact) mass is 498 g/mol. The van der Waals surface area contributed by atoms with Gasteiger partial charge in [-0.15, -0.1) is 0 Å². The topological polar surface area (TPSA) is 105 Å². The Labute approximate surface area is 207 Å². The number of rotatable bonds is 10. The van der Waals surface area contributed by atoms with E-state index in [2.05, 4.69) is 10.5 Å². The highest BCUT2D eigenvalue weighted by molar-refractivity contribution is 6.32. The third-order valence-corrected chi connectivity index (χ3v) is 4.92. The van der Waals surface area contributed by atoms with Crippen molar-refractivity contribution in [2.75, 3.05) is 27.9 Å². The first-order valence-electron chi connectivity index (χ1n) is 10.3. The molecule has 1 amide bonds. The van der Waals surface area contributed by atoms with Crippen LogP contribution < -0.4 is 29.1 Å². The van der Waals surface area contributed by atoms with E-state index < -0.39 is 11.9 Å². The number of carbonyl (C=O) groups excluding carboxylic acids is 2. The summed E-state index contributed by atoms with van der Waals surface area (Å²) in [5.74, 6) is 0.461. The van der Waals surface area contributed by atoms with E-state index in [0.717, 1.165) is 0 Å². The lowest BCUT2D eigenvalue weighted by Crippen LogP contribution is -2.24. The lowest BCUT2D eigenvalue weighted by molar-refractivity contribution is -0.123. The molecule has 0 aromatic heterocycles. The number of nitrogens with zero attached hydrogens (tertiary/aromatic N) is 1. The minimum atomic E-state index is -0.651. The van der Waals surface area contributed by atoms with Gasteiger partial charge in [-0.1, -0.05) is 35.9 Å². The smallest absolute Gasteiger partial charge is 0.343 e. The van der Waals surface area contributed by atoms with Crippen LogP contribution in [0, 0.1) is 0 Å². The van der Waals surface area contributed by atoms with E-state index in [0.29, 0.717) is 33.6 Å². The average molecular weight is 499 g/mol. The minimum absolute atomic E-state index is 0.191. The molecule has 3 aromatic rings. The van der Waals surface area contributed by atoms with Gasteiger partial charge in [-0.3, -0.25) is 4.79 Å². The van der Waals surface area contributed by atoms with Gasteiger partial charge in [0.2, 0.25) is 5.75 Å². The van der Waals surface area contributed by atoms with Crippen molar-refractivity contribution in [2.24, 2.45) is 5.10 Å². The summed E-state index contributed by atoms with van der Waals surface area (Å²) >= 11 is 6.00. The van der Waals surface area contributed by atoms with E-state index in [1.807, 2.05) is 0 Å². The van der Waals surface area contributed by atoms with Gasteiger partial charge in [-0.2, -0.15) is 5.10 Å². The molecule has 0 radical (unpaired) electrons. The SMILES string of the molecule is COc1cc(C(=O)Oc2ccccc2C=NNC(=O)COc2ccccc2Cl)cc(OC)c1OC. The van der Waals surface area contributed by atoms with Crippen LogP contribution in [0.1, 0.15) is 15.9 Å². The summed E-state index contributed by atoms with van der Waals surface area (Å²) in [5, 5.41) is 4.30. The molecule has 1 N–H and O–H groups in total. The molecule has 35 heavy (non-hydrogen) atoms. The second-order valence-corrected chi connectivity index (χ2v) is 7.26. The first-order chi connectivity index (χ1) is 17.0. The number of hydrazone groups is 1. The molecule has 0 atom stereocenters. The first kappa shape index (κ1) is 25.4. The van der Waals surface area contributed by atoms with Crippen LogP contribution >= 0.6 is 11.6 Å². The lowest BCUT2D eigenvalue weighted by atomic mass is 10.1. The highest BCUT2D eigenvalue weighted by Crippen LogP contribution is 2.38. The Hall–Kier alpha value is -4.24. The molecule has 0 saturated carbocycles. The van der Waals surface area contributed by atoms with Crippen molar-refractivity contribution < 1.29 is 33.3 Å². The molecule has 0 aliphatic rings. The summed E-state index contributed by atoms with van der Waals surface area (Å²) in [7, 11) is 4.37. The fraction of sp³-hybridized carbons (Fsp3) is 0.160. The summed E-state index contributed by atoms with van der Waals surface area (Å²) in [6, 6.07) is 16.5. The number of esters is 1. The number of hydrogen-bond acceptors (Lipinski definition) is 8. The van der Waals surface area contributed by atoms with Gasteiger partial charge in [0.25, 0.3) is 5.91 Å². The molecule has 9 nitrogen and oxygen atoms in total. The van der Waals surface area contributed by atoms with Crippen LogP contribution in [0.25, 0.3) is 0 Å². The number of methoxy groups -OCH3 is 3. The van der Waals surface area contributed by atoms with Gasteiger partial charge in [-0.25, -0.2) is 10.2 Å². The van der Waals surface area contributed by atoms with E-state index in [4.69, 9.17) is 35.3 Å². The summed E-state index contributed by atoms with van der Waals surface area (Å²) in [6.07, 6.45) is 1.35. The second kappa shape index (κ2) is 12.3. The Bertz CT molecular complexity index is 1200. The highest BCUT2D eigenvalue weighted by Gasteiger charge is 2.19. The van der Waals surface area contributed by atoms with Gasteiger partial charge in [0.15, 0.2) is 18.1 Å². The molecule has 0 aliphatic carbocycles. The van der Waals surface area contributed by atoms with E-state index in [-0.39, 0.29) is 17.9 Å². The third kappa shape index (κ3) is 6.64. The van der Waals surface area contributed by atoms with Crippen molar-refractivity contribution >= 4 is 29.7 Å². The van der Waals surface area contributed by atoms with Crippen LogP contribution in [0.3, 0.4) is 0 Å². The minimum Gasteiger partial charge on any atom is -0.493 e. The molecule has 0 heterocycles. The molecular formula is C25H23ClN2O7. The molecule has 0 fully saturated rings. The van der Waals surface area contributed by atoms with Crippen molar-refractivity contribution in [3.63, 3.8) is 0 Å². The predicted molar refractivity (Wildman–Crippen MR) is 130 cm³/mol.